The fraction of sp³-hybridized carbons (Fsp3) is 0.522. The second kappa shape index (κ2) is 7.63. The number of carbonyl (C=O) groups is 1. The molecular formula is C23H33N3O2. The number of nitrogens with one attached hydrogen (secondary N) is 2. The van der Waals surface area contributed by atoms with Crippen LogP contribution in [0, 0.1) is 5.92 Å². The minimum Gasteiger partial charge on any atom is -0.394 e. The maximum atomic E-state index is 13.1. The lowest BCUT2D eigenvalue weighted by Crippen LogP contribution is -2.52. The van der Waals surface area contributed by atoms with Gasteiger partial charge in [-0.2, -0.15) is 0 Å². The van der Waals surface area contributed by atoms with Crippen molar-refractivity contribution >= 4 is 22.5 Å². The molecule has 1 aliphatic rings. The summed E-state index contributed by atoms with van der Waals surface area (Å²) in [4.78, 5) is 18.7. The van der Waals surface area contributed by atoms with Crippen molar-refractivity contribution in [2.45, 2.75) is 58.0 Å². The summed E-state index contributed by atoms with van der Waals surface area (Å²) in [7, 11) is 2.00. The van der Waals surface area contributed by atoms with E-state index in [0.717, 1.165) is 28.6 Å². The van der Waals surface area contributed by atoms with Crippen LogP contribution in [0.2, 0.25) is 0 Å². The van der Waals surface area contributed by atoms with Crippen LogP contribution in [0.5, 0.6) is 0 Å². The molecule has 0 fully saturated rings. The molecule has 0 aliphatic carbocycles. The minimum absolute atomic E-state index is 0.0197. The van der Waals surface area contributed by atoms with Crippen LogP contribution in [0.4, 0.5) is 5.69 Å². The summed E-state index contributed by atoms with van der Waals surface area (Å²) < 4.78 is 0. The van der Waals surface area contributed by atoms with Crippen molar-refractivity contribution in [3.63, 3.8) is 0 Å². The van der Waals surface area contributed by atoms with Crippen LogP contribution >= 0.6 is 0 Å². The molecule has 1 aromatic heterocycles. The summed E-state index contributed by atoms with van der Waals surface area (Å²) in [5, 5.41) is 14.1. The van der Waals surface area contributed by atoms with Crippen molar-refractivity contribution in [1.29, 1.82) is 0 Å². The summed E-state index contributed by atoms with van der Waals surface area (Å²) in [6, 6.07) is 3.68. The van der Waals surface area contributed by atoms with Crippen molar-refractivity contribution in [3.05, 3.63) is 42.1 Å². The number of allylic oxidation sites excluding steroid dienone is 1. The third kappa shape index (κ3) is 3.32. The smallest absolute Gasteiger partial charge is 0.243 e. The molecule has 5 heteroatoms. The Morgan fingerprint density at radius 3 is 2.75 bits per heavy atom. The lowest BCUT2D eigenvalue weighted by atomic mass is 9.83. The SMILES string of the molecule is C=CC(C)(C)c1ccc2c3c(c[nH]c13)CC(CO)NC(=O)C(C(C)CC)N2C. The Morgan fingerprint density at radius 2 is 2.14 bits per heavy atom. The van der Waals surface area contributed by atoms with Crippen molar-refractivity contribution in [2.24, 2.45) is 5.92 Å². The highest BCUT2D eigenvalue weighted by molar-refractivity contribution is 6.00. The first kappa shape index (κ1) is 20.5. The molecule has 3 N–H and O–H groups in total. The second-order valence-corrected chi connectivity index (χ2v) is 8.66. The third-order valence-electron chi connectivity index (χ3n) is 6.38. The first-order valence-electron chi connectivity index (χ1n) is 10.2. The Kier molecular flexibility index (Phi) is 5.57. The molecule has 5 nitrogen and oxygen atoms in total. The molecule has 3 rings (SSSR count). The fourth-order valence-corrected chi connectivity index (χ4v) is 4.30. The average molecular weight is 384 g/mol. The normalized spacial score (nSPS) is 21.6. The van der Waals surface area contributed by atoms with E-state index in [-0.39, 0.29) is 35.9 Å². The maximum absolute atomic E-state index is 13.1. The molecule has 3 atom stereocenters. The Morgan fingerprint density at radius 1 is 1.43 bits per heavy atom. The number of aliphatic hydroxyl groups is 1. The number of rotatable bonds is 5. The maximum Gasteiger partial charge on any atom is 0.243 e. The van der Waals surface area contributed by atoms with Gasteiger partial charge in [0.15, 0.2) is 0 Å². The Bertz CT molecular complexity index is 883. The highest BCUT2D eigenvalue weighted by Crippen LogP contribution is 2.39. The molecule has 1 amide bonds. The molecule has 0 bridgehead atoms. The average Bonchev–Trinajstić information content (AvgIpc) is 3.10. The van der Waals surface area contributed by atoms with E-state index >= 15 is 0 Å². The van der Waals surface area contributed by atoms with Gasteiger partial charge >= 0.3 is 0 Å². The molecule has 0 spiro atoms. The Labute approximate surface area is 167 Å². The Balaban J connectivity index is 2.28. The van der Waals surface area contributed by atoms with E-state index in [1.165, 1.54) is 5.56 Å². The van der Waals surface area contributed by atoms with E-state index < -0.39 is 0 Å². The molecule has 152 valence electrons. The quantitative estimate of drug-likeness (QED) is 0.692. The number of aliphatic hydroxyl groups excluding tert-OH is 1. The van der Waals surface area contributed by atoms with Gasteiger partial charge in [-0.25, -0.2) is 0 Å². The number of carbonyl (C=O) groups excluding carboxylic acids is 1. The predicted octanol–water partition coefficient (Wildman–Crippen LogP) is 3.52. The molecule has 2 heterocycles. The molecule has 1 aromatic carbocycles. The summed E-state index contributed by atoms with van der Waals surface area (Å²) >= 11 is 0. The number of aromatic nitrogens is 1. The zero-order valence-corrected chi connectivity index (χ0v) is 17.7. The van der Waals surface area contributed by atoms with Crippen LogP contribution in [0.1, 0.15) is 45.2 Å². The van der Waals surface area contributed by atoms with E-state index in [2.05, 4.69) is 61.6 Å². The van der Waals surface area contributed by atoms with Crippen LogP contribution in [-0.4, -0.2) is 41.7 Å². The standard InChI is InChI=1S/C23H33N3O2/c1-7-14(3)21-22(28)25-16(13-27)11-15-12-24-20-17(23(4,5)8-2)9-10-18(19(15)20)26(21)6/h8-10,12,14,16,21,24,27H,2,7,11,13H2,1,3-6H3,(H,25,28). The Hall–Kier alpha value is -2.27. The summed E-state index contributed by atoms with van der Waals surface area (Å²) in [5.74, 6) is 0.165. The molecule has 0 radical (unpaired) electrons. The van der Waals surface area contributed by atoms with Gasteiger partial charge in [-0.3, -0.25) is 4.79 Å². The van der Waals surface area contributed by atoms with E-state index in [4.69, 9.17) is 0 Å². The van der Waals surface area contributed by atoms with Gasteiger partial charge in [0.05, 0.1) is 18.2 Å². The number of amides is 1. The molecule has 0 saturated heterocycles. The van der Waals surface area contributed by atoms with Crippen LogP contribution < -0.4 is 10.2 Å². The van der Waals surface area contributed by atoms with Crippen molar-refractivity contribution < 1.29 is 9.90 Å². The van der Waals surface area contributed by atoms with Crippen LogP contribution in [0.15, 0.2) is 31.0 Å². The zero-order chi connectivity index (χ0) is 20.6. The molecule has 0 saturated carbocycles. The predicted molar refractivity (Wildman–Crippen MR) is 116 cm³/mol. The van der Waals surface area contributed by atoms with Gasteiger partial charge in [0.2, 0.25) is 5.91 Å². The number of hydrogen-bond acceptors (Lipinski definition) is 3. The first-order chi connectivity index (χ1) is 13.2. The number of nitrogens with zero attached hydrogens (tertiary/aromatic N) is 1. The number of anilines is 1. The summed E-state index contributed by atoms with van der Waals surface area (Å²) in [6.45, 7) is 12.5. The third-order valence-corrected chi connectivity index (χ3v) is 6.38. The number of likely N-dealkylation sites (N-methyl/N-ethyl adjacent to an activating group) is 1. The lowest BCUT2D eigenvalue weighted by Gasteiger charge is -2.34. The van der Waals surface area contributed by atoms with Gasteiger partial charge < -0.3 is 20.3 Å². The van der Waals surface area contributed by atoms with Gasteiger partial charge in [0, 0.05) is 29.7 Å². The van der Waals surface area contributed by atoms with Gasteiger partial charge in [0.1, 0.15) is 6.04 Å². The van der Waals surface area contributed by atoms with E-state index in [9.17, 15) is 9.90 Å². The van der Waals surface area contributed by atoms with Crippen molar-refractivity contribution in [2.75, 3.05) is 18.6 Å². The topological polar surface area (TPSA) is 68.4 Å². The van der Waals surface area contributed by atoms with Gasteiger partial charge in [-0.05, 0) is 29.5 Å². The molecule has 28 heavy (non-hydrogen) atoms. The minimum atomic E-state index is -0.298. The highest BCUT2D eigenvalue weighted by atomic mass is 16.3. The largest absolute Gasteiger partial charge is 0.394 e. The van der Waals surface area contributed by atoms with Gasteiger partial charge in [-0.15, -0.1) is 6.58 Å². The lowest BCUT2D eigenvalue weighted by molar-refractivity contribution is -0.124. The number of hydrogen-bond donors (Lipinski definition) is 3. The van der Waals surface area contributed by atoms with Crippen molar-refractivity contribution in [3.8, 4) is 0 Å². The van der Waals surface area contributed by atoms with E-state index in [1.807, 2.05) is 19.3 Å². The second-order valence-electron chi connectivity index (χ2n) is 8.66. The monoisotopic (exact) mass is 383 g/mol. The van der Waals surface area contributed by atoms with Crippen LogP contribution in [0.3, 0.4) is 0 Å². The van der Waals surface area contributed by atoms with E-state index in [0.29, 0.717) is 6.42 Å². The zero-order valence-electron chi connectivity index (χ0n) is 17.7. The molecule has 2 aromatic rings. The van der Waals surface area contributed by atoms with E-state index in [1.54, 1.807) is 0 Å². The highest BCUT2D eigenvalue weighted by Gasteiger charge is 2.34. The van der Waals surface area contributed by atoms with Gasteiger partial charge in [0.25, 0.3) is 0 Å². The molecule has 3 unspecified atom stereocenters. The summed E-state index contributed by atoms with van der Waals surface area (Å²) in [5.41, 5.74) is 4.24. The number of aromatic amines is 1. The van der Waals surface area contributed by atoms with Crippen molar-refractivity contribution in [1.82, 2.24) is 10.3 Å². The number of benzene rings is 1. The first-order valence-corrected chi connectivity index (χ1v) is 10.2. The van der Waals surface area contributed by atoms with Gasteiger partial charge in [-0.1, -0.05) is 46.3 Å². The van der Waals surface area contributed by atoms with Crippen LogP contribution in [-0.2, 0) is 16.6 Å². The molecule has 1 aliphatic heterocycles. The molecular weight excluding hydrogens is 350 g/mol. The fourth-order valence-electron chi connectivity index (χ4n) is 4.30. The van der Waals surface area contributed by atoms with Crippen LogP contribution in [0.25, 0.3) is 10.9 Å². The summed E-state index contributed by atoms with van der Waals surface area (Å²) in [6.07, 6.45) is 5.47. The number of H-pyrrole nitrogens is 1.